The van der Waals surface area contributed by atoms with Crippen molar-refractivity contribution < 1.29 is 18.5 Å². The number of phenols is 1. The molecule has 0 bridgehead atoms. The number of aromatic hydroxyl groups is 1. The van der Waals surface area contributed by atoms with E-state index >= 15 is 0 Å². The fourth-order valence-electron chi connectivity index (χ4n) is 2.19. The molecule has 0 heterocycles. The third-order valence-electron chi connectivity index (χ3n) is 3.49. The van der Waals surface area contributed by atoms with E-state index in [2.05, 4.69) is 5.32 Å². The Bertz CT molecular complexity index is 704. The fourth-order valence-corrected chi connectivity index (χ4v) is 3.33. The van der Waals surface area contributed by atoms with Gasteiger partial charge in [-0.15, -0.1) is 0 Å². The Balaban J connectivity index is 1.64. The number of benzene rings is 2. The second kappa shape index (κ2) is 9.17. The van der Waals surface area contributed by atoms with Gasteiger partial charge in [0, 0.05) is 17.1 Å². The molecule has 1 amide bonds. The molecule has 2 N–H and O–H groups in total. The Morgan fingerprint density at radius 3 is 2.46 bits per heavy atom. The van der Waals surface area contributed by atoms with Gasteiger partial charge in [0.05, 0.1) is 16.5 Å². The lowest BCUT2D eigenvalue weighted by atomic mass is 10.2. The molecule has 0 aliphatic rings. The van der Waals surface area contributed by atoms with Crippen LogP contribution in [-0.2, 0) is 15.6 Å². The van der Waals surface area contributed by atoms with Gasteiger partial charge in [0.2, 0.25) is 5.91 Å². The largest absolute Gasteiger partial charge is 0.506 e. The number of carbonyl (C=O) groups is 1. The van der Waals surface area contributed by atoms with Gasteiger partial charge >= 0.3 is 0 Å². The minimum Gasteiger partial charge on any atom is -0.506 e. The Morgan fingerprint density at radius 2 is 1.75 bits per heavy atom. The number of halogens is 1. The van der Waals surface area contributed by atoms with E-state index in [0.717, 1.165) is 12.8 Å². The number of amides is 1. The maximum atomic E-state index is 12.8. The molecule has 4 nitrogen and oxygen atoms in total. The van der Waals surface area contributed by atoms with Gasteiger partial charge in [-0.3, -0.25) is 9.00 Å². The van der Waals surface area contributed by atoms with Gasteiger partial charge in [0.25, 0.3) is 0 Å². The Labute approximate surface area is 143 Å². The van der Waals surface area contributed by atoms with Crippen molar-refractivity contribution in [3.63, 3.8) is 0 Å². The summed E-state index contributed by atoms with van der Waals surface area (Å²) in [4.78, 5) is 12.4. The van der Waals surface area contributed by atoms with Gasteiger partial charge in [-0.1, -0.05) is 18.6 Å². The average Bonchev–Trinajstić information content (AvgIpc) is 2.57. The van der Waals surface area contributed by atoms with Gasteiger partial charge in [-0.2, -0.15) is 0 Å². The monoisotopic (exact) mass is 349 g/mol. The summed E-state index contributed by atoms with van der Waals surface area (Å²) in [7, 11) is -1.14. The number of unbranched alkanes of at least 4 members (excludes halogenated alkanes) is 2. The van der Waals surface area contributed by atoms with Crippen molar-refractivity contribution in [3.8, 4) is 5.75 Å². The second-order valence-electron chi connectivity index (χ2n) is 5.38. The van der Waals surface area contributed by atoms with E-state index < -0.39 is 10.8 Å². The molecule has 6 heteroatoms. The molecule has 2 aromatic rings. The summed E-state index contributed by atoms with van der Waals surface area (Å²) in [5, 5.41) is 12.2. The van der Waals surface area contributed by atoms with Crippen LogP contribution in [0.5, 0.6) is 5.75 Å². The molecular formula is C18H20FNO3S. The van der Waals surface area contributed by atoms with Crippen LogP contribution in [0.1, 0.15) is 25.7 Å². The first-order chi connectivity index (χ1) is 11.6. The summed E-state index contributed by atoms with van der Waals surface area (Å²) in [5.74, 6) is 0.0371. The highest BCUT2D eigenvalue weighted by Gasteiger charge is 2.07. The lowest BCUT2D eigenvalue weighted by Crippen LogP contribution is -2.11. The van der Waals surface area contributed by atoms with Crippen LogP contribution in [-0.4, -0.2) is 21.0 Å². The molecule has 2 aromatic carbocycles. The summed E-state index contributed by atoms with van der Waals surface area (Å²) in [5.41, 5.74) is 0.403. The third-order valence-corrected chi connectivity index (χ3v) is 4.95. The zero-order valence-electron chi connectivity index (χ0n) is 13.2. The lowest BCUT2D eigenvalue weighted by Gasteiger charge is -2.07. The number of rotatable bonds is 8. The van der Waals surface area contributed by atoms with Crippen LogP contribution >= 0.6 is 0 Å². The molecule has 0 fully saturated rings. The van der Waals surface area contributed by atoms with E-state index in [1.807, 2.05) is 0 Å². The minimum atomic E-state index is -1.14. The quantitative estimate of drug-likeness (QED) is 0.562. The van der Waals surface area contributed by atoms with Crippen molar-refractivity contribution in [3.05, 3.63) is 54.3 Å². The number of nitrogens with one attached hydrogen (secondary N) is 1. The van der Waals surface area contributed by atoms with Gasteiger partial charge < -0.3 is 10.4 Å². The molecule has 1 atom stereocenters. The van der Waals surface area contributed by atoms with Crippen molar-refractivity contribution in [2.75, 3.05) is 11.1 Å². The standard InChI is InChI=1S/C18H20FNO3S/c19-14-9-11-15(12-10-14)24(23)13-5-1-2-8-18(22)20-16-6-3-4-7-17(16)21/h3-4,6-7,9-12,21H,1-2,5,8,13H2,(H,20,22). The average molecular weight is 349 g/mol. The topological polar surface area (TPSA) is 66.4 Å². The Morgan fingerprint density at radius 1 is 1.04 bits per heavy atom. The van der Waals surface area contributed by atoms with Gasteiger partial charge in [0.1, 0.15) is 11.6 Å². The summed E-state index contributed by atoms with van der Waals surface area (Å²) in [6.07, 6.45) is 2.53. The second-order valence-corrected chi connectivity index (χ2v) is 6.95. The highest BCUT2D eigenvalue weighted by atomic mass is 32.2. The van der Waals surface area contributed by atoms with Crippen LogP contribution in [0.4, 0.5) is 10.1 Å². The first-order valence-electron chi connectivity index (χ1n) is 7.78. The van der Waals surface area contributed by atoms with E-state index in [4.69, 9.17) is 0 Å². The molecule has 0 saturated carbocycles. The highest BCUT2D eigenvalue weighted by Crippen LogP contribution is 2.21. The smallest absolute Gasteiger partial charge is 0.224 e. The maximum Gasteiger partial charge on any atom is 0.224 e. The molecule has 0 aliphatic carbocycles. The number of phenolic OH excluding ortho intramolecular Hbond substituents is 1. The molecule has 24 heavy (non-hydrogen) atoms. The summed E-state index contributed by atoms with van der Waals surface area (Å²) in [6.45, 7) is 0. The van der Waals surface area contributed by atoms with Crippen molar-refractivity contribution >= 4 is 22.4 Å². The number of para-hydroxylation sites is 2. The van der Waals surface area contributed by atoms with Crippen LogP contribution in [0.15, 0.2) is 53.4 Å². The normalized spacial score (nSPS) is 11.9. The van der Waals surface area contributed by atoms with Crippen molar-refractivity contribution in [1.29, 1.82) is 0 Å². The molecule has 0 aliphatic heterocycles. The number of carbonyl (C=O) groups excluding carboxylic acids is 1. The van der Waals surface area contributed by atoms with Gasteiger partial charge in [-0.05, 0) is 49.2 Å². The van der Waals surface area contributed by atoms with Gasteiger partial charge in [-0.25, -0.2) is 4.39 Å². The summed E-state index contributed by atoms with van der Waals surface area (Å²) in [6, 6.07) is 12.2. The van der Waals surface area contributed by atoms with Crippen LogP contribution < -0.4 is 5.32 Å². The Hall–Kier alpha value is -2.21. The van der Waals surface area contributed by atoms with Crippen molar-refractivity contribution in [2.24, 2.45) is 0 Å². The van der Waals surface area contributed by atoms with Crippen LogP contribution in [0.25, 0.3) is 0 Å². The fraction of sp³-hybridized carbons (Fsp3) is 0.278. The van der Waals surface area contributed by atoms with E-state index in [1.165, 1.54) is 30.3 Å². The molecule has 1 unspecified atom stereocenters. The zero-order chi connectivity index (χ0) is 17.4. The molecular weight excluding hydrogens is 329 g/mol. The molecule has 0 radical (unpaired) electrons. The number of hydrogen-bond donors (Lipinski definition) is 2. The van der Waals surface area contributed by atoms with Crippen molar-refractivity contribution in [1.82, 2.24) is 0 Å². The summed E-state index contributed by atoms with van der Waals surface area (Å²) >= 11 is 0. The van der Waals surface area contributed by atoms with Crippen LogP contribution in [0.3, 0.4) is 0 Å². The Kier molecular flexibility index (Phi) is 6.93. The van der Waals surface area contributed by atoms with Crippen LogP contribution in [0, 0.1) is 5.82 Å². The predicted molar refractivity (Wildman–Crippen MR) is 92.9 cm³/mol. The van der Waals surface area contributed by atoms with Crippen molar-refractivity contribution in [2.45, 2.75) is 30.6 Å². The van der Waals surface area contributed by atoms with E-state index in [-0.39, 0.29) is 17.5 Å². The minimum absolute atomic E-state index is 0.0422. The number of hydrogen-bond acceptors (Lipinski definition) is 3. The third kappa shape index (κ3) is 5.77. The maximum absolute atomic E-state index is 12.8. The molecule has 0 spiro atoms. The number of anilines is 1. The summed E-state index contributed by atoms with van der Waals surface area (Å²) < 4.78 is 24.8. The SMILES string of the molecule is O=C(CCCCCS(=O)c1ccc(F)cc1)Nc1ccccc1O. The first kappa shape index (κ1) is 18.1. The van der Waals surface area contributed by atoms with Gasteiger partial charge in [0.15, 0.2) is 0 Å². The van der Waals surface area contributed by atoms with E-state index in [0.29, 0.717) is 29.2 Å². The van der Waals surface area contributed by atoms with Crippen LogP contribution in [0.2, 0.25) is 0 Å². The molecule has 2 rings (SSSR count). The predicted octanol–water partition coefficient (Wildman–Crippen LogP) is 3.84. The molecule has 128 valence electrons. The van der Waals surface area contributed by atoms with E-state index in [1.54, 1.807) is 18.2 Å². The first-order valence-corrected chi connectivity index (χ1v) is 9.10. The molecule has 0 aromatic heterocycles. The molecule has 0 saturated heterocycles. The van der Waals surface area contributed by atoms with E-state index in [9.17, 15) is 18.5 Å². The highest BCUT2D eigenvalue weighted by molar-refractivity contribution is 7.85. The lowest BCUT2D eigenvalue weighted by molar-refractivity contribution is -0.116. The zero-order valence-corrected chi connectivity index (χ0v) is 14.0.